The molecule has 0 aliphatic heterocycles. The van der Waals surface area contributed by atoms with Crippen LogP contribution in [0.5, 0.6) is 0 Å². The molecule has 3 saturated carbocycles. The largest absolute Gasteiger partial charge is 0.480 e. The average Bonchev–Trinajstić information content (AvgIpc) is 2.40. The summed E-state index contributed by atoms with van der Waals surface area (Å²) in [6, 6.07) is -0.609. The van der Waals surface area contributed by atoms with Gasteiger partial charge in [-0.3, -0.25) is 4.79 Å². The third-order valence-electron chi connectivity index (χ3n) is 5.13. The summed E-state index contributed by atoms with van der Waals surface area (Å²) in [5, 5.41) is 9.06. The minimum absolute atomic E-state index is 0.278. The van der Waals surface area contributed by atoms with Crippen molar-refractivity contribution in [2.45, 2.75) is 38.1 Å². The minimum Gasteiger partial charge on any atom is -0.480 e. The quantitative estimate of drug-likeness (QED) is 0.724. The molecule has 0 aromatic carbocycles. The first kappa shape index (κ1) is 9.64. The lowest BCUT2D eigenvalue weighted by molar-refractivity contribution is -0.142. The molecular formula is C12H19NO2. The molecule has 0 spiro atoms. The smallest absolute Gasteiger partial charge is 0.320 e. The fourth-order valence-corrected chi connectivity index (χ4v) is 4.67. The van der Waals surface area contributed by atoms with Gasteiger partial charge in [0.25, 0.3) is 0 Å². The van der Waals surface area contributed by atoms with E-state index in [9.17, 15) is 4.79 Å². The highest BCUT2D eigenvalue weighted by atomic mass is 16.4. The molecule has 0 amide bonds. The zero-order chi connectivity index (χ0) is 10.6. The topological polar surface area (TPSA) is 63.3 Å². The summed E-state index contributed by atoms with van der Waals surface area (Å²) in [6.07, 6.45) is 6.41. The van der Waals surface area contributed by atoms with Crippen LogP contribution in [0, 0.1) is 29.6 Å². The zero-order valence-electron chi connectivity index (χ0n) is 8.93. The predicted molar refractivity (Wildman–Crippen MR) is 56.1 cm³/mol. The Balaban J connectivity index is 1.87. The van der Waals surface area contributed by atoms with Gasteiger partial charge in [-0.05, 0) is 61.7 Å². The molecule has 3 nitrogen and oxygen atoms in total. The van der Waals surface area contributed by atoms with Gasteiger partial charge in [0.05, 0.1) is 0 Å². The minimum atomic E-state index is -0.795. The lowest BCUT2D eigenvalue weighted by Gasteiger charge is -2.44. The van der Waals surface area contributed by atoms with Crippen LogP contribution in [-0.2, 0) is 4.79 Å². The molecular weight excluding hydrogens is 190 g/mol. The van der Waals surface area contributed by atoms with E-state index >= 15 is 0 Å². The molecule has 3 N–H and O–H groups in total. The molecule has 3 fully saturated rings. The Morgan fingerprint density at radius 1 is 1.20 bits per heavy atom. The molecule has 0 aromatic heterocycles. The number of aliphatic carboxylic acids is 1. The lowest BCUT2D eigenvalue weighted by atomic mass is 9.62. The number of hydrogen-bond acceptors (Lipinski definition) is 2. The zero-order valence-corrected chi connectivity index (χ0v) is 8.93. The van der Waals surface area contributed by atoms with Gasteiger partial charge in [-0.2, -0.15) is 0 Å². The van der Waals surface area contributed by atoms with Crippen molar-refractivity contribution in [3.05, 3.63) is 0 Å². The number of carbonyl (C=O) groups is 1. The van der Waals surface area contributed by atoms with E-state index in [4.69, 9.17) is 10.8 Å². The van der Waals surface area contributed by atoms with Crippen LogP contribution < -0.4 is 5.73 Å². The molecule has 0 radical (unpaired) electrons. The molecule has 6 atom stereocenters. The summed E-state index contributed by atoms with van der Waals surface area (Å²) >= 11 is 0. The highest BCUT2D eigenvalue weighted by Crippen LogP contribution is 2.58. The Kier molecular flexibility index (Phi) is 2.06. The first-order chi connectivity index (χ1) is 7.16. The Labute approximate surface area is 90.0 Å². The van der Waals surface area contributed by atoms with Crippen molar-refractivity contribution >= 4 is 5.97 Å². The van der Waals surface area contributed by atoms with E-state index in [1.54, 1.807) is 0 Å². The summed E-state index contributed by atoms with van der Waals surface area (Å²) in [7, 11) is 0. The van der Waals surface area contributed by atoms with E-state index in [1.165, 1.54) is 32.1 Å². The number of fused-ring (bicyclic) bond motifs is 2. The Bertz CT molecular complexity index is 291. The van der Waals surface area contributed by atoms with Crippen LogP contribution in [0.1, 0.15) is 32.1 Å². The summed E-state index contributed by atoms with van der Waals surface area (Å²) in [5.74, 6) is 2.41. The van der Waals surface area contributed by atoms with E-state index < -0.39 is 12.0 Å². The Morgan fingerprint density at radius 2 is 1.87 bits per heavy atom. The van der Waals surface area contributed by atoms with Crippen molar-refractivity contribution in [1.29, 1.82) is 0 Å². The molecule has 3 aliphatic carbocycles. The molecule has 3 heteroatoms. The van der Waals surface area contributed by atoms with Gasteiger partial charge in [-0.25, -0.2) is 0 Å². The van der Waals surface area contributed by atoms with Crippen molar-refractivity contribution in [3.8, 4) is 0 Å². The van der Waals surface area contributed by atoms with Crippen LogP contribution in [0.25, 0.3) is 0 Å². The number of nitrogens with two attached hydrogens (primary N) is 1. The first-order valence-corrected chi connectivity index (χ1v) is 6.15. The van der Waals surface area contributed by atoms with E-state index in [1.807, 2.05) is 0 Å². The number of hydrogen-bond donors (Lipinski definition) is 2. The molecule has 6 unspecified atom stereocenters. The third-order valence-corrected chi connectivity index (χ3v) is 5.13. The third kappa shape index (κ3) is 1.32. The molecule has 3 bridgehead atoms. The summed E-state index contributed by atoms with van der Waals surface area (Å²) in [5.41, 5.74) is 5.86. The molecule has 15 heavy (non-hydrogen) atoms. The maximum absolute atomic E-state index is 11.0. The van der Waals surface area contributed by atoms with Crippen LogP contribution in [0.3, 0.4) is 0 Å². The second-order valence-electron chi connectivity index (χ2n) is 5.78. The van der Waals surface area contributed by atoms with Crippen molar-refractivity contribution in [2.75, 3.05) is 0 Å². The fourth-order valence-electron chi connectivity index (χ4n) is 4.67. The SMILES string of the molecule is NC(C(=O)O)C1C2CCC3CC(C2)CC31. The molecule has 0 heterocycles. The van der Waals surface area contributed by atoms with E-state index in [-0.39, 0.29) is 5.92 Å². The van der Waals surface area contributed by atoms with Gasteiger partial charge in [0.15, 0.2) is 0 Å². The molecule has 3 rings (SSSR count). The number of rotatable bonds is 2. The van der Waals surface area contributed by atoms with E-state index in [0.717, 1.165) is 11.8 Å². The van der Waals surface area contributed by atoms with Crippen molar-refractivity contribution < 1.29 is 9.90 Å². The average molecular weight is 209 g/mol. The van der Waals surface area contributed by atoms with Gasteiger partial charge >= 0.3 is 5.97 Å². The van der Waals surface area contributed by atoms with Gasteiger partial charge in [0.2, 0.25) is 0 Å². The summed E-state index contributed by atoms with van der Waals surface area (Å²) in [4.78, 5) is 11.0. The summed E-state index contributed by atoms with van der Waals surface area (Å²) < 4.78 is 0. The first-order valence-electron chi connectivity index (χ1n) is 6.15. The van der Waals surface area contributed by atoms with Crippen LogP contribution in [-0.4, -0.2) is 17.1 Å². The van der Waals surface area contributed by atoms with Gasteiger partial charge < -0.3 is 10.8 Å². The normalized spacial score (nSPS) is 49.3. The van der Waals surface area contributed by atoms with Crippen molar-refractivity contribution in [3.63, 3.8) is 0 Å². The Morgan fingerprint density at radius 3 is 2.60 bits per heavy atom. The monoisotopic (exact) mass is 209 g/mol. The maximum atomic E-state index is 11.0. The number of carboxylic acids is 1. The van der Waals surface area contributed by atoms with E-state index in [0.29, 0.717) is 11.8 Å². The predicted octanol–water partition coefficient (Wildman–Crippen LogP) is 1.47. The van der Waals surface area contributed by atoms with Gasteiger partial charge in [0.1, 0.15) is 6.04 Å². The Hall–Kier alpha value is -0.570. The van der Waals surface area contributed by atoms with Crippen LogP contribution >= 0.6 is 0 Å². The van der Waals surface area contributed by atoms with Gasteiger partial charge in [-0.1, -0.05) is 0 Å². The highest BCUT2D eigenvalue weighted by molar-refractivity contribution is 5.73. The molecule has 84 valence electrons. The number of carboxylic acid groups (broad SMARTS) is 1. The second-order valence-corrected chi connectivity index (χ2v) is 5.78. The molecule has 3 aliphatic rings. The highest BCUT2D eigenvalue weighted by Gasteiger charge is 2.52. The van der Waals surface area contributed by atoms with Crippen LogP contribution in [0.4, 0.5) is 0 Å². The van der Waals surface area contributed by atoms with E-state index in [2.05, 4.69) is 0 Å². The van der Waals surface area contributed by atoms with Gasteiger partial charge in [-0.15, -0.1) is 0 Å². The fraction of sp³-hybridized carbons (Fsp3) is 0.917. The van der Waals surface area contributed by atoms with Crippen molar-refractivity contribution in [2.24, 2.45) is 35.3 Å². The standard InChI is InChI=1S/C12H19NO2/c13-11(12(14)15)10-8-2-1-7-3-6(4-8)5-9(7)10/h6-11H,1-5,13H2,(H,14,15). The van der Waals surface area contributed by atoms with Crippen molar-refractivity contribution in [1.82, 2.24) is 0 Å². The van der Waals surface area contributed by atoms with Crippen LogP contribution in [0.2, 0.25) is 0 Å². The summed E-state index contributed by atoms with van der Waals surface area (Å²) in [6.45, 7) is 0. The van der Waals surface area contributed by atoms with Gasteiger partial charge in [0, 0.05) is 0 Å². The molecule has 0 aromatic rings. The molecule has 0 saturated heterocycles. The second kappa shape index (κ2) is 3.21. The van der Waals surface area contributed by atoms with Crippen LogP contribution in [0.15, 0.2) is 0 Å². The lowest BCUT2D eigenvalue weighted by Crippen LogP contribution is -2.49. The maximum Gasteiger partial charge on any atom is 0.320 e.